The van der Waals surface area contributed by atoms with Gasteiger partial charge in [-0.1, -0.05) is 25.1 Å². The zero-order valence-corrected chi connectivity index (χ0v) is 12.6. The van der Waals surface area contributed by atoms with E-state index < -0.39 is 0 Å². The van der Waals surface area contributed by atoms with Crippen LogP contribution in [0, 0.1) is 0 Å². The van der Waals surface area contributed by atoms with Crippen molar-refractivity contribution in [3.63, 3.8) is 0 Å². The Morgan fingerprint density at radius 2 is 2.14 bits per heavy atom. The van der Waals surface area contributed by atoms with Crippen LogP contribution in [-0.2, 0) is 19.6 Å². The molecule has 2 heterocycles. The summed E-state index contributed by atoms with van der Waals surface area (Å²) < 4.78 is 4.25. The maximum absolute atomic E-state index is 4.41. The summed E-state index contributed by atoms with van der Waals surface area (Å²) in [5, 5.41) is 8.81. The molecule has 0 saturated heterocycles. The van der Waals surface area contributed by atoms with Crippen molar-refractivity contribution in [2.24, 2.45) is 0 Å². The summed E-state index contributed by atoms with van der Waals surface area (Å²) in [4.78, 5) is 4.41. The quantitative estimate of drug-likeness (QED) is 0.755. The Balaban J connectivity index is 1.98. The number of hydrogen-bond donors (Lipinski definition) is 1. The van der Waals surface area contributed by atoms with Crippen LogP contribution in [0.1, 0.15) is 24.7 Å². The SMILES string of the molecule is CCCn1ncnc1Cn1ccc2cccc(CNC)c21. The molecule has 0 radical (unpaired) electrons. The number of aromatic nitrogens is 4. The number of rotatable bonds is 6. The fourth-order valence-electron chi connectivity index (χ4n) is 2.77. The van der Waals surface area contributed by atoms with Gasteiger partial charge in [-0.3, -0.25) is 0 Å². The molecule has 0 fully saturated rings. The maximum Gasteiger partial charge on any atom is 0.146 e. The first-order valence-corrected chi connectivity index (χ1v) is 7.41. The van der Waals surface area contributed by atoms with Gasteiger partial charge in [0, 0.05) is 19.3 Å². The van der Waals surface area contributed by atoms with Crippen molar-refractivity contribution < 1.29 is 0 Å². The Morgan fingerprint density at radius 1 is 1.24 bits per heavy atom. The van der Waals surface area contributed by atoms with E-state index in [1.54, 1.807) is 6.33 Å². The number of aryl methyl sites for hydroxylation is 1. The molecule has 0 saturated carbocycles. The van der Waals surface area contributed by atoms with Gasteiger partial charge in [0.25, 0.3) is 0 Å². The monoisotopic (exact) mass is 283 g/mol. The predicted molar refractivity (Wildman–Crippen MR) is 84.1 cm³/mol. The van der Waals surface area contributed by atoms with Gasteiger partial charge < -0.3 is 9.88 Å². The Hall–Kier alpha value is -2.14. The molecule has 0 spiro atoms. The van der Waals surface area contributed by atoms with Gasteiger partial charge in [0.1, 0.15) is 12.2 Å². The summed E-state index contributed by atoms with van der Waals surface area (Å²) in [5.41, 5.74) is 2.58. The van der Waals surface area contributed by atoms with Crippen LogP contribution in [0.3, 0.4) is 0 Å². The number of hydrogen-bond acceptors (Lipinski definition) is 3. The molecule has 0 unspecified atom stereocenters. The molecular formula is C16H21N5. The Bertz CT molecular complexity index is 725. The Labute approximate surface area is 124 Å². The molecule has 5 heteroatoms. The van der Waals surface area contributed by atoms with Crippen LogP contribution in [-0.4, -0.2) is 26.4 Å². The molecule has 0 amide bonds. The lowest BCUT2D eigenvalue weighted by atomic mass is 10.1. The third kappa shape index (κ3) is 2.69. The van der Waals surface area contributed by atoms with Crippen molar-refractivity contribution in [2.45, 2.75) is 33.0 Å². The van der Waals surface area contributed by atoms with Gasteiger partial charge in [-0.2, -0.15) is 5.10 Å². The minimum absolute atomic E-state index is 0.754. The summed E-state index contributed by atoms with van der Waals surface area (Å²) in [7, 11) is 1.98. The molecule has 0 aliphatic carbocycles. The topological polar surface area (TPSA) is 47.7 Å². The summed E-state index contributed by atoms with van der Waals surface area (Å²) in [5.74, 6) is 1.01. The highest BCUT2D eigenvalue weighted by atomic mass is 15.3. The van der Waals surface area contributed by atoms with Crippen molar-refractivity contribution in [3.8, 4) is 0 Å². The van der Waals surface area contributed by atoms with E-state index >= 15 is 0 Å². The van der Waals surface area contributed by atoms with Gasteiger partial charge in [0.15, 0.2) is 0 Å². The van der Waals surface area contributed by atoms with Gasteiger partial charge in [-0.15, -0.1) is 0 Å². The average molecular weight is 283 g/mol. The second kappa shape index (κ2) is 6.10. The number of benzene rings is 1. The molecule has 0 aliphatic rings. The number of para-hydroxylation sites is 1. The van der Waals surface area contributed by atoms with Crippen LogP contribution < -0.4 is 5.32 Å². The summed E-state index contributed by atoms with van der Waals surface area (Å²) in [6.45, 7) is 4.69. The molecule has 3 rings (SSSR count). The summed E-state index contributed by atoms with van der Waals surface area (Å²) in [6.07, 6.45) is 4.84. The highest BCUT2D eigenvalue weighted by Gasteiger charge is 2.09. The molecule has 0 atom stereocenters. The van der Waals surface area contributed by atoms with Crippen LogP contribution in [0.2, 0.25) is 0 Å². The largest absolute Gasteiger partial charge is 0.340 e. The van der Waals surface area contributed by atoms with Gasteiger partial charge >= 0.3 is 0 Å². The molecule has 3 aromatic rings. The van der Waals surface area contributed by atoms with E-state index in [0.717, 1.165) is 31.9 Å². The minimum Gasteiger partial charge on any atom is -0.340 e. The average Bonchev–Trinajstić information content (AvgIpc) is 3.09. The fraction of sp³-hybridized carbons (Fsp3) is 0.375. The summed E-state index contributed by atoms with van der Waals surface area (Å²) in [6, 6.07) is 8.60. The van der Waals surface area contributed by atoms with Crippen molar-refractivity contribution >= 4 is 10.9 Å². The van der Waals surface area contributed by atoms with E-state index in [4.69, 9.17) is 0 Å². The van der Waals surface area contributed by atoms with Gasteiger partial charge in [-0.25, -0.2) is 9.67 Å². The van der Waals surface area contributed by atoms with E-state index in [-0.39, 0.29) is 0 Å². The van der Waals surface area contributed by atoms with Crippen LogP contribution in [0.4, 0.5) is 0 Å². The van der Waals surface area contributed by atoms with E-state index in [0.29, 0.717) is 0 Å². The van der Waals surface area contributed by atoms with Gasteiger partial charge in [-0.05, 0) is 30.5 Å². The number of nitrogens with one attached hydrogen (secondary N) is 1. The maximum atomic E-state index is 4.41. The van der Waals surface area contributed by atoms with Crippen molar-refractivity contribution in [1.29, 1.82) is 0 Å². The number of fused-ring (bicyclic) bond motifs is 1. The molecule has 110 valence electrons. The lowest BCUT2D eigenvalue weighted by Gasteiger charge is -2.10. The van der Waals surface area contributed by atoms with Gasteiger partial charge in [0.2, 0.25) is 0 Å². The normalized spacial score (nSPS) is 11.3. The van der Waals surface area contributed by atoms with E-state index in [2.05, 4.69) is 57.4 Å². The zero-order valence-electron chi connectivity index (χ0n) is 12.6. The second-order valence-electron chi connectivity index (χ2n) is 5.23. The molecule has 5 nitrogen and oxygen atoms in total. The van der Waals surface area contributed by atoms with E-state index in [1.807, 2.05) is 11.7 Å². The minimum atomic E-state index is 0.754. The van der Waals surface area contributed by atoms with Crippen molar-refractivity contribution in [2.75, 3.05) is 7.05 Å². The third-order valence-corrected chi connectivity index (χ3v) is 3.68. The zero-order chi connectivity index (χ0) is 14.7. The highest BCUT2D eigenvalue weighted by molar-refractivity contribution is 5.83. The molecule has 21 heavy (non-hydrogen) atoms. The van der Waals surface area contributed by atoms with Crippen LogP contribution in [0.25, 0.3) is 10.9 Å². The molecule has 0 bridgehead atoms. The van der Waals surface area contributed by atoms with Crippen LogP contribution >= 0.6 is 0 Å². The van der Waals surface area contributed by atoms with E-state index in [9.17, 15) is 0 Å². The predicted octanol–water partition coefficient (Wildman–Crippen LogP) is 2.41. The molecule has 2 aromatic heterocycles. The van der Waals surface area contributed by atoms with Crippen molar-refractivity contribution in [1.82, 2.24) is 24.6 Å². The Morgan fingerprint density at radius 3 is 2.95 bits per heavy atom. The first kappa shape index (κ1) is 13.8. The smallest absolute Gasteiger partial charge is 0.146 e. The molecule has 1 aromatic carbocycles. The van der Waals surface area contributed by atoms with Gasteiger partial charge in [0.05, 0.1) is 12.1 Å². The molecule has 0 aliphatic heterocycles. The lowest BCUT2D eigenvalue weighted by molar-refractivity contribution is 0.557. The first-order valence-electron chi connectivity index (χ1n) is 7.41. The standard InChI is InChI=1S/C16H21N5/c1-3-8-21-15(18-12-19-21)11-20-9-7-13-5-4-6-14(10-17-2)16(13)20/h4-7,9,12,17H,3,8,10-11H2,1-2H3. The number of nitrogens with zero attached hydrogens (tertiary/aromatic N) is 4. The second-order valence-corrected chi connectivity index (χ2v) is 5.23. The van der Waals surface area contributed by atoms with Crippen LogP contribution in [0.15, 0.2) is 36.8 Å². The molecular weight excluding hydrogens is 262 g/mol. The summed E-state index contributed by atoms with van der Waals surface area (Å²) >= 11 is 0. The first-order chi connectivity index (χ1) is 10.3. The Kier molecular flexibility index (Phi) is 4.01. The fourth-order valence-corrected chi connectivity index (χ4v) is 2.77. The third-order valence-electron chi connectivity index (χ3n) is 3.68. The molecule has 1 N–H and O–H groups in total. The van der Waals surface area contributed by atoms with E-state index in [1.165, 1.54) is 16.5 Å². The lowest BCUT2D eigenvalue weighted by Crippen LogP contribution is -2.11. The van der Waals surface area contributed by atoms with Crippen molar-refractivity contribution in [3.05, 3.63) is 48.2 Å². The highest BCUT2D eigenvalue weighted by Crippen LogP contribution is 2.21. The van der Waals surface area contributed by atoms with Crippen LogP contribution in [0.5, 0.6) is 0 Å².